The standard InChI is InChI=1S/C14H22N2O/c1-12(17)15-14(11-16(2)3)10-9-13-7-5-4-6-8-13/h4-8,14H,9-11H2,1-3H3,(H,15,17). The second-order valence-electron chi connectivity index (χ2n) is 4.68. The van der Waals surface area contributed by atoms with Crippen LogP contribution in [0.25, 0.3) is 0 Å². The largest absolute Gasteiger partial charge is 0.352 e. The number of carbonyl (C=O) groups is 1. The van der Waals surface area contributed by atoms with Crippen LogP contribution in [0.5, 0.6) is 0 Å². The van der Waals surface area contributed by atoms with Crippen molar-refractivity contribution in [2.45, 2.75) is 25.8 Å². The smallest absolute Gasteiger partial charge is 0.217 e. The molecule has 0 aliphatic carbocycles. The van der Waals surface area contributed by atoms with Crippen molar-refractivity contribution in [3.8, 4) is 0 Å². The van der Waals surface area contributed by atoms with Crippen LogP contribution in [0.3, 0.4) is 0 Å². The van der Waals surface area contributed by atoms with Gasteiger partial charge in [0.2, 0.25) is 5.91 Å². The van der Waals surface area contributed by atoms with Crippen molar-refractivity contribution >= 4 is 5.91 Å². The number of amides is 1. The third-order valence-electron chi connectivity index (χ3n) is 2.62. The summed E-state index contributed by atoms with van der Waals surface area (Å²) in [6.07, 6.45) is 1.97. The van der Waals surface area contributed by atoms with Gasteiger partial charge in [-0.05, 0) is 32.5 Å². The molecule has 94 valence electrons. The number of hydrogen-bond donors (Lipinski definition) is 1. The highest BCUT2D eigenvalue weighted by atomic mass is 16.1. The lowest BCUT2D eigenvalue weighted by Crippen LogP contribution is -2.41. The maximum atomic E-state index is 11.1. The summed E-state index contributed by atoms with van der Waals surface area (Å²) in [4.78, 5) is 13.2. The number of nitrogens with zero attached hydrogens (tertiary/aromatic N) is 1. The Bertz CT molecular complexity index is 335. The molecule has 1 N–H and O–H groups in total. The zero-order valence-corrected chi connectivity index (χ0v) is 10.9. The molecular formula is C14H22N2O. The van der Waals surface area contributed by atoms with Crippen LogP contribution in [-0.4, -0.2) is 37.5 Å². The van der Waals surface area contributed by atoms with Gasteiger partial charge in [-0.1, -0.05) is 30.3 Å². The predicted octanol–water partition coefficient (Wildman–Crippen LogP) is 1.69. The average molecular weight is 234 g/mol. The highest BCUT2D eigenvalue weighted by Gasteiger charge is 2.10. The highest BCUT2D eigenvalue weighted by Crippen LogP contribution is 2.05. The molecule has 0 aromatic heterocycles. The molecule has 1 amide bonds. The number of aryl methyl sites for hydroxylation is 1. The summed E-state index contributed by atoms with van der Waals surface area (Å²) in [5.74, 6) is 0.0462. The summed E-state index contributed by atoms with van der Waals surface area (Å²) >= 11 is 0. The molecule has 1 rings (SSSR count). The summed E-state index contributed by atoms with van der Waals surface area (Å²) in [7, 11) is 4.05. The van der Waals surface area contributed by atoms with E-state index >= 15 is 0 Å². The number of nitrogens with one attached hydrogen (secondary N) is 1. The van der Waals surface area contributed by atoms with Crippen LogP contribution >= 0.6 is 0 Å². The van der Waals surface area contributed by atoms with Crippen LogP contribution in [0.4, 0.5) is 0 Å². The van der Waals surface area contributed by atoms with Gasteiger partial charge in [0.1, 0.15) is 0 Å². The molecule has 3 nitrogen and oxygen atoms in total. The first-order valence-corrected chi connectivity index (χ1v) is 6.03. The van der Waals surface area contributed by atoms with Crippen LogP contribution in [0, 0.1) is 0 Å². The van der Waals surface area contributed by atoms with E-state index < -0.39 is 0 Å². The predicted molar refractivity (Wildman–Crippen MR) is 70.9 cm³/mol. The molecule has 0 bridgehead atoms. The van der Waals surface area contributed by atoms with Crippen LogP contribution in [-0.2, 0) is 11.2 Å². The number of hydrogen-bond acceptors (Lipinski definition) is 2. The second kappa shape index (κ2) is 7.07. The van der Waals surface area contributed by atoms with Gasteiger partial charge in [-0.25, -0.2) is 0 Å². The van der Waals surface area contributed by atoms with Crippen molar-refractivity contribution in [2.75, 3.05) is 20.6 Å². The molecule has 3 heteroatoms. The van der Waals surface area contributed by atoms with Crippen LogP contribution < -0.4 is 5.32 Å². The number of benzene rings is 1. The van der Waals surface area contributed by atoms with Gasteiger partial charge in [-0.2, -0.15) is 0 Å². The van der Waals surface area contributed by atoms with Gasteiger partial charge in [0, 0.05) is 19.5 Å². The SMILES string of the molecule is CC(=O)NC(CCc1ccccc1)CN(C)C. The van der Waals surface area contributed by atoms with Gasteiger partial charge >= 0.3 is 0 Å². The zero-order valence-electron chi connectivity index (χ0n) is 10.9. The number of likely N-dealkylation sites (N-methyl/N-ethyl adjacent to an activating group) is 1. The fraction of sp³-hybridized carbons (Fsp3) is 0.500. The van der Waals surface area contributed by atoms with Crippen molar-refractivity contribution in [1.82, 2.24) is 10.2 Å². The fourth-order valence-electron chi connectivity index (χ4n) is 1.92. The number of rotatable bonds is 6. The lowest BCUT2D eigenvalue weighted by Gasteiger charge is -2.21. The normalized spacial score (nSPS) is 12.5. The molecule has 1 aromatic rings. The summed E-state index contributed by atoms with van der Waals surface area (Å²) in [5.41, 5.74) is 1.32. The van der Waals surface area contributed by atoms with Crippen molar-refractivity contribution in [3.05, 3.63) is 35.9 Å². The molecule has 0 saturated carbocycles. The topological polar surface area (TPSA) is 32.3 Å². The van der Waals surface area contributed by atoms with E-state index in [9.17, 15) is 4.79 Å². The van der Waals surface area contributed by atoms with Crippen LogP contribution in [0.2, 0.25) is 0 Å². The Morgan fingerprint density at radius 2 is 1.94 bits per heavy atom. The lowest BCUT2D eigenvalue weighted by atomic mass is 10.0. The highest BCUT2D eigenvalue weighted by molar-refractivity contribution is 5.73. The third-order valence-corrected chi connectivity index (χ3v) is 2.62. The van der Waals surface area contributed by atoms with E-state index in [0.717, 1.165) is 19.4 Å². The van der Waals surface area contributed by atoms with Crippen molar-refractivity contribution < 1.29 is 4.79 Å². The molecule has 17 heavy (non-hydrogen) atoms. The minimum absolute atomic E-state index is 0.0462. The monoisotopic (exact) mass is 234 g/mol. The average Bonchev–Trinajstić information content (AvgIpc) is 2.26. The van der Waals surface area contributed by atoms with E-state index in [1.165, 1.54) is 5.56 Å². The molecule has 1 aromatic carbocycles. The van der Waals surface area contributed by atoms with E-state index in [0.29, 0.717) is 0 Å². The summed E-state index contributed by atoms with van der Waals surface area (Å²) in [6.45, 7) is 2.46. The molecule has 0 heterocycles. The molecule has 1 atom stereocenters. The fourth-order valence-corrected chi connectivity index (χ4v) is 1.92. The van der Waals surface area contributed by atoms with E-state index in [2.05, 4.69) is 34.5 Å². The zero-order chi connectivity index (χ0) is 12.7. The first-order chi connectivity index (χ1) is 8.08. The first kappa shape index (κ1) is 13.7. The Morgan fingerprint density at radius 1 is 1.29 bits per heavy atom. The Kier molecular flexibility index (Phi) is 5.70. The van der Waals surface area contributed by atoms with Crippen molar-refractivity contribution in [2.24, 2.45) is 0 Å². The van der Waals surface area contributed by atoms with Gasteiger partial charge in [0.05, 0.1) is 0 Å². The molecule has 1 unspecified atom stereocenters. The Hall–Kier alpha value is -1.35. The minimum Gasteiger partial charge on any atom is -0.352 e. The maximum absolute atomic E-state index is 11.1. The van der Waals surface area contributed by atoms with E-state index in [1.807, 2.05) is 20.2 Å². The summed E-state index contributed by atoms with van der Waals surface area (Å²) < 4.78 is 0. The van der Waals surface area contributed by atoms with Crippen LogP contribution in [0.15, 0.2) is 30.3 Å². The van der Waals surface area contributed by atoms with Gasteiger partial charge in [-0.3, -0.25) is 4.79 Å². The second-order valence-corrected chi connectivity index (χ2v) is 4.68. The van der Waals surface area contributed by atoms with Crippen LogP contribution in [0.1, 0.15) is 18.9 Å². The first-order valence-electron chi connectivity index (χ1n) is 6.03. The summed E-state index contributed by atoms with van der Waals surface area (Å²) in [6, 6.07) is 10.6. The van der Waals surface area contributed by atoms with Crippen molar-refractivity contribution in [1.29, 1.82) is 0 Å². The Morgan fingerprint density at radius 3 is 2.47 bits per heavy atom. The summed E-state index contributed by atoms with van der Waals surface area (Å²) in [5, 5.41) is 3.00. The lowest BCUT2D eigenvalue weighted by molar-refractivity contribution is -0.119. The molecule has 0 radical (unpaired) electrons. The van der Waals surface area contributed by atoms with E-state index in [4.69, 9.17) is 0 Å². The van der Waals surface area contributed by atoms with Gasteiger partial charge in [0.25, 0.3) is 0 Å². The third kappa shape index (κ3) is 6.07. The molecule has 0 spiro atoms. The quantitative estimate of drug-likeness (QED) is 0.812. The van der Waals surface area contributed by atoms with Gasteiger partial charge in [-0.15, -0.1) is 0 Å². The van der Waals surface area contributed by atoms with Crippen molar-refractivity contribution in [3.63, 3.8) is 0 Å². The van der Waals surface area contributed by atoms with Gasteiger partial charge in [0.15, 0.2) is 0 Å². The Balaban J connectivity index is 2.45. The van der Waals surface area contributed by atoms with E-state index in [-0.39, 0.29) is 11.9 Å². The molecular weight excluding hydrogens is 212 g/mol. The molecule has 0 aliphatic heterocycles. The Labute approximate surface area is 104 Å². The minimum atomic E-state index is 0.0462. The van der Waals surface area contributed by atoms with E-state index in [1.54, 1.807) is 6.92 Å². The molecule has 0 saturated heterocycles. The number of carbonyl (C=O) groups excluding carboxylic acids is 1. The maximum Gasteiger partial charge on any atom is 0.217 e. The van der Waals surface area contributed by atoms with Gasteiger partial charge < -0.3 is 10.2 Å². The molecule has 0 fully saturated rings. The molecule has 0 aliphatic rings.